The highest BCUT2D eigenvalue weighted by molar-refractivity contribution is 5.70. The minimum absolute atomic E-state index is 0.110. The van der Waals surface area contributed by atoms with Gasteiger partial charge in [-0.1, -0.05) is 12.1 Å². The van der Waals surface area contributed by atoms with Crippen LogP contribution in [-0.2, 0) is 9.53 Å². The molecular weight excluding hydrogens is 209 g/mol. The van der Waals surface area contributed by atoms with Gasteiger partial charge in [-0.3, -0.25) is 4.79 Å². The van der Waals surface area contributed by atoms with Gasteiger partial charge in [-0.2, -0.15) is 0 Å². The maximum absolute atomic E-state index is 13.0. The van der Waals surface area contributed by atoms with Crippen molar-refractivity contribution in [3.8, 4) is 0 Å². The number of benzene rings is 1. The normalized spacial score (nSPS) is 12.2. The summed E-state index contributed by atoms with van der Waals surface area (Å²) in [5.41, 5.74) is 7.09. The molecule has 0 fully saturated rings. The van der Waals surface area contributed by atoms with Crippen LogP contribution in [0.4, 0.5) is 4.39 Å². The molecule has 0 radical (unpaired) electrons. The van der Waals surface area contributed by atoms with Crippen LogP contribution in [0.15, 0.2) is 18.2 Å². The molecule has 0 saturated carbocycles. The Morgan fingerprint density at radius 1 is 1.56 bits per heavy atom. The molecule has 0 aromatic heterocycles. The molecule has 1 aromatic carbocycles. The molecule has 0 aliphatic rings. The number of hydrogen-bond acceptors (Lipinski definition) is 3. The number of carbonyl (C=O) groups is 1. The first-order chi connectivity index (χ1) is 7.54. The van der Waals surface area contributed by atoms with Crippen molar-refractivity contribution in [3.63, 3.8) is 0 Å². The molecule has 88 valence electrons. The second-order valence-corrected chi connectivity index (χ2v) is 3.62. The first kappa shape index (κ1) is 12.6. The lowest BCUT2D eigenvalue weighted by molar-refractivity contribution is -0.143. The molecule has 0 saturated heterocycles. The molecule has 0 aliphatic heterocycles. The SMILES string of the molecule is CCOC(=O)CC(N)c1ccc(F)c(C)c1. The Morgan fingerprint density at radius 3 is 2.81 bits per heavy atom. The van der Waals surface area contributed by atoms with Crippen LogP contribution in [-0.4, -0.2) is 12.6 Å². The van der Waals surface area contributed by atoms with Crippen molar-refractivity contribution in [2.75, 3.05) is 6.61 Å². The van der Waals surface area contributed by atoms with E-state index < -0.39 is 6.04 Å². The van der Waals surface area contributed by atoms with Gasteiger partial charge in [-0.25, -0.2) is 4.39 Å². The standard InChI is InChI=1S/C12H16FNO2/c1-3-16-12(15)7-11(14)9-4-5-10(13)8(2)6-9/h4-6,11H,3,7,14H2,1-2H3. The van der Waals surface area contributed by atoms with Crippen molar-refractivity contribution in [1.82, 2.24) is 0 Å². The van der Waals surface area contributed by atoms with E-state index in [4.69, 9.17) is 10.5 Å². The minimum Gasteiger partial charge on any atom is -0.466 e. The van der Waals surface area contributed by atoms with Gasteiger partial charge < -0.3 is 10.5 Å². The molecule has 1 rings (SSSR count). The Balaban J connectivity index is 2.69. The largest absolute Gasteiger partial charge is 0.466 e. The van der Waals surface area contributed by atoms with E-state index in [2.05, 4.69) is 0 Å². The van der Waals surface area contributed by atoms with Gasteiger partial charge in [0.1, 0.15) is 5.82 Å². The zero-order chi connectivity index (χ0) is 12.1. The summed E-state index contributed by atoms with van der Waals surface area (Å²) < 4.78 is 17.8. The fraction of sp³-hybridized carbons (Fsp3) is 0.417. The van der Waals surface area contributed by atoms with Crippen LogP contribution in [0, 0.1) is 12.7 Å². The maximum atomic E-state index is 13.0. The second-order valence-electron chi connectivity index (χ2n) is 3.62. The molecule has 3 nitrogen and oxygen atoms in total. The van der Waals surface area contributed by atoms with Crippen molar-refractivity contribution in [2.45, 2.75) is 26.3 Å². The summed E-state index contributed by atoms with van der Waals surface area (Å²) >= 11 is 0. The molecule has 0 aliphatic carbocycles. The van der Waals surface area contributed by atoms with E-state index in [1.807, 2.05) is 0 Å². The fourth-order valence-corrected chi connectivity index (χ4v) is 1.42. The monoisotopic (exact) mass is 225 g/mol. The second kappa shape index (κ2) is 5.61. The molecule has 1 aromatic rings. The minimum atomic E-state index is -0.446. The molecule has 2 N–H and O–H groups in total. The predicted molar refractivity (Wildman–Crippen MR) is 59.3 cm³/mol. The number of halogens is 1. The van der Waals surface area contributed by atoms with Crippen LogP contribution in [0.25, 0.3) is 0 Å². The third-order valence-corrected chi connectivity index (χ3v) is 2.30. The Labute approximate surface area is 94.4 Å². The van der Waals surface area contributed by atoms with Crippen LogP contribution in [0.5, 0.6) is 0 Å². The summed E-state index contributed by atoms with van der Waals surface area (Å²) in [5.74, 6) is -0.607. The summed E-state index contributed by atoms with van der Waals surface area (Å²) in [4.78, 5) is 11.2. The summed E-state index contributed by atoms with van der Waals surface area (Å²) in [7, 11) is 0. The Bertz CT molecular complexity index is 379. The predicted octanol–water partition coefficient (Wildman–Crippen LogP) is 2.09. The zero-order valence-corrected chi connectivity index (χ0v) is 9.50. The molecule has 4 heteroatoms. The lowest BCUT2D eigenvalue weighted by Gasteiger charge is -2.12. The van der Waals surface area contributed by atoms with Gasteiger partial charge in [0.05, 0.1) is 13.0 Å². The zero-order valence-electron chi connectivity index (χ0n) is 9.50. The molecule has 1 atom stereocenters. The van der Waals surface area contributed by atoms with E-state index >= 15 is 0 Å². The average Bonchev–Trinajstić information content (AvgIpc) is 2.22. The Hall–Kier alpha value is -1.42. The van der Waals surface area contributed by atoms with Gasteiger partial charge in [0, 0.05) is 6.04 Å². The van der Waals surface area contributed by atoms with E-state index in [0.29, 0.717) is 12.2 Å². The molecule has 0 amide bonds. The number of aryl methyl sites for hydroxylation is 1. The van der Waals surface area contributed by atoms with E-state index in [-0.39, 0.29) is 18.2 Å². The maximum Gasteiger partial charge on any atom is 0.307 e. The lowest BCUT2D eigenvalue weighted by Crippen LogP contribution is -2.17. The van der Waals surface area contributed by atoms with Crippen LogP contribution < -0.4 is 5.73 Å². The third kappa shape index (κ3) is 3.31. The van der Waals surface area contributed by atoms with Crippen molar-refractivity contribution < 1.29 is 13.9 Å². The molecule has 0 spiro atoms. The highest BCUT2D eigenvalue weighted by Gasteiger charge is 2.13. The quantitative estimate of drug-likeness (QED) is 0.798. The molecule has 0 heterocycles. The number of esters is 1. The van der Waals surface area contributed by atoms with Gasteiger partial charge in [0.15, 0.2) is 0 Å². The highest BCUT2D eigenvalue weighted by atomic mass is 19.1. The first-order valence-electron chi connectivity index (χ1n) is 5.21. The Morgan fingerprint density at radius 2 is 2.25 bits per heavy atom. The van der Waals surface area contributed by atoms with E-state index in [0.717, 1.165) is 5.56 Å². The van der Waals surface area contributed by atoms with Crippen LogP contribution in [0.3, 0.4) is 0 Å². The topological polar surface area (TPSA) is 52.3 Å². The first-order valence-corrected chi connectivity index (χ1v) is 5.21. The molecule has 16 heavy (non-hydrogen) atoms. The van der Waals surface area contributed by atoms with Gasteiger partial charge in [0.25, 0.3) is 0 Å². The average molecular weight is 225 g/mol. The number of nitrogens with two attached hydrogens (primary N) is 1. The van der Waals surface area contributed by atoms with E-state index in [9.17, 15) is 9.18 Å². The summed E-state index contributed by atoms with van der Waals surface area (Å²) in [6, 6.07) is 4.15. The molecule has 0 bridgehead atoms. The summed E-state index contributed by atoms with van der Waals surface area (Å²) in [6.07, 6.45) is 0.110. The van der Waals surface area contributed by atoms with Gasteiger partial charge >= 0.3 is 5.97 Å². The van der Waals surface area contributed by atoms with E-state index in [1.54, 1.807) is 26.0 Å². The van der Waals surface area contributed by atoms with Crippen molar-refractivity contribution in [2.24, 2.45) is 5.73 Å². The lowest BCUT2D eigenvalue weighted by atomic mass is 10.0. The van der Waals surface area contributed by atoms with Crippen LogP contribution in [0.2, 0.25) is 0 Å². The summed E-state index contributed by atoms with van der Waals surface area (Å²) in [5, 5.41) is 0. The highest BCUT2D eigenvalue weighted by Crippen LogP contribution is 2.17. The Kier molecular flexibility index (Phi) is 4.43. The fourth-order valence-electron chi connectivity index (χ4n) is 1.42. The number of ether oxygens (including phenoxy) is 1. The number of rotatable bonds is 4. The smallest absolute Gasteiger partial charge is 0.307 e. The van der Waals surface area contributed by atoms with Gasteiger partial charge in [-0.15, -0.1) is 0 Å². The van der Waals surface area contributed by atoms with Gasteiger partial charge in [0.2, 0.25) is 0 Å². The van der Waals surface area contributed by atoms with Crippen LogP contribution >= 0.6 is 0 Å². The number of carbonyl (C=O) groups excluding carboxylic acids is 1. The number of hydrogen-bond donors (Lipinski definition) is 1. The summed E-state index contributed by atoms with van der Waals surface area (Å²) in [6.45, 7) is 3.75. The van der Waals surface area contributed by atoms with Crippen LogP contribution in [0.1, 0.15) is 30.5 Å². The molecular formula is C12H16FNO2. The van der Waals surface area contributed by atoms with Crippen molar-refractivity contribution in [1.29, 1.82) is 0 Å². The van der Waals surface area contributed by atoms with E-state index in [1.165, 1.54) is 6.07 Å². The van der Waals surface area contributed by atoms with Crippen molar-refractivity contribution in [3.05, 3.63) is 35.1 Å². The van der Waals surface area contributed by atoms with Gasteiger partial charge in [-0.05, 0) is 31.0 Å². The molecule has 1 unspecified atom stereocenters. The third-order valence-electron chi connectivity index (χ3n) is 2.30. The van der Waals surface area contributed by atoms with Crippen molar-refractivity contribution >= 4 is 5.97 Å².